The molecule has 0 heterocycles. The van der Waals surface area contributed by atoms with E-state index in [-0.39, 0.29) is 0 Å². The van der Waals surface area contributed by atoms with Gasteiger partial charge in [0.2, 0.25) is 0 Å². The van der Waals surface area contributed by atoms with E-state index in [0.29, 0.717) is 6.42 Å². The first-order valence-electron chi connectivity index (χ1n) is 6.09. The number of nitrogens with one attached hydrogen (secondary N) is 2. The van der Waals surface area contributed by atoms with Gasteiger partial charge in [-0.25, -0.2) is 4.79 Å². The molecule has 1 unspecified atom stereocenters. The number of amides is 1. The lowest BCUT2D eigenvalue weighted by atomic mass is 10.2. The van der Waals surface area contributed by atoms with Crippen LogP contribution in [0.15, 0.2) is 12.3 Å². The minimum atomic E-state index is -0.563. The molecule has 0 aliphatic carbocycles. The summed E-state index contributed by atoms with van der Waals surface area (Å²) in [6.07, 6.45) is 1.51. The summed E-state index contributed by atoms with van der Waals surface area (Å²) in [5.74, 6) is 0. The van der Waals surface area contributed by atoms with Crippen molar-refractivity contribution in [3.8, 4) is 0 Å². The van der Waals surface area contributed by atoms with Gasteiger partial charge < -0.3 is 20.2 Å². The van der Waals surface area contributed by atoms with E-state index in [9.17, 15) is 9.59 Å². The molecule has 0 aromatic rings. The average molecular weight is 256 g/mol. The Hall–Kier alpha value is -1.52. The van der Waals surface area contributed by atoms with Gasteiger partial charge in [-0.15, -0.1) is 0 Å². The number of allylic oxidation sites excluding steroid dienone is 1. The van der Waals surface area contributed by atoms with E-state index in [1.807, 2.05) is 6.92 Å². The molecule has 0 bridgehead atoms. The molecule has 18 heavy (non-hydrogen) atoms. The zero-order valence-electron chi connectivity index (χ0n) is 11.7. The normalized spacial score (nSPS) is 12.4. The summed E-state index contributed by atoms with van der Waals surface area (Å²) >= 11 is 0. The van der Waals surface area contributed by atoms with Gasteiger partial charge in [0, 0.05) is 12.2 Å². The third kappa shape index (κ3) is 9.69. The van der Waals surface area contributed by atoms with Crippen molar-refractivity contribution < 1.29 is 14.3 Å². The van der Waals surface area contributed by atoms with E-state index in [0.717, 1.165) is 24.9 Å². The van der Waals surface area contributed by atoms with E-state index in [1.165, 1.54) is 0 Å². The van der Waals surface area contributed by atoms with Crippen LogP contribution < -0.4 is 10.6 Å². The maximum absolute atomic E-state index is 11.4. The number of alkyl carbamates (subject to hydrolysis) is 1. The summed E-state index contributed by atoms with van der Waals surface area (Å²) in [6.45, 7) is 11.6. The van der Waals surface area contributed by atoms with Crippen molar-refractivity contribution in [1.29, 1.82) is 0 Å². The standard InChI is InChI=1S/C13H24N2O3/c1-10(2)14-8-6-7-11(9-16)15-12(17)18-13(3,4)5/h9,11,14H,1,6-8H2,2-5H3,(H,15,17). The molecule has 104 valence electrons. The van der Waals surface area contributed by atoms with Crippen LogP contribution in [0.5, 0.6) is 0 Å². The van der Waals surface area contributed by atoms with E-state index < -0.39 is 17.7 Å². The number of carbonyl (C=O) groups excluding carboxylic acids is 2. The monoisotopic (exact) mass is 256 g/mol. The molecule has 2 N–H and O–H groups in total. The van der Waals surface area contributed by atoms with Crippen LogP contribution in [0.1, 0.15) is 40.5 Å². The predicted molar refractivity (Wildman–Crippen MR) is 71.3 cm³/mol. The topological polar surface area (TPSA) is 67.4 Å². The summed E-state index contributed by atoms with van der Waals surface area (Å²) in [7, 11) is 0. The van der Waals surface area contributed by atoms with Crippen LogP contribution in [-0.4, -0.2) is 30.6 Å². The minimum Gasteiger partial charge on any atom is -0.444 e. The summed E-state index contributed by atoms with van der Waals surface area (Å²) in [5.41, 5.74) is 0.330. The van der Waals surface area contributed by atoms with Crippen molar-refractivity contribution in [2.45, 2.75) is 52.2 Å². The number of aldehydes is 1. The highest BCUT2D eigenvalue weighted by Crippen LogP contribution is 2.07. The van der Waals surface area contributed by atoms with Crippen molar-refractivity contribution in [3.05, 3.63) is 12.3 Å². The fourth-order valence-corrected chi connectivity index (χ4v) is 1.26. The summed E-state index contributed by atoms with van der Waals surface area (Å²) in [6, 6.07) is -0.508. The van der Waals surface area contributed by atoms with Gasteiger partial charge in [0.15, 0.2) is 0 Å². The number of hydrogen-bond donors (Lipinski definition) is 2. The van der Waals surface area contributed by atoms with Crippen molar-refractivity contribution in [2.24, 2.45) is 0 Å². The molecule has 1 atom stereocenters. The molecule has 0 saturated heterocycles. The molecule has 5 heteroatoms. The Balaban J connectivity index is 3.93. The Bertz CT molecular complexity index is 295. The smallest absolute Gasteiger partial charge is 0.408 e. The minimum absolute atomic E-state index is 0.508. The third-order valence-corrected chi connectivity index (χ3v) is 1.99. The van der Waals surface area contributed by atoms with Crippen molar-refractivity contribution in [3.63, 3.8) is 0 Å². The average Bonchev–Trinajstić information content (AvgIpc) is 2.19. The van der Waals surface area contributed by atoms with Crippen molar-refractivity contribution >= 4 is 12.4 Å². The Morgan fingerprint density at radius 1 is 1.44 bits per heavy atom. The number of rotatable bonds is 7. The van der Waals surface area contributed by atoms with Crippen LogP contribution in [0.4, 0.5) is 4.79 Å². The first-order chi connectivity index (χ1) is 8.24. The molecule has 0 aliphatic rings. The van der Waals surface area contributed by atoms with Gasteiger partial charge in [0.1, 0.15) is 11.9 Å². The molecule has 5 nitrogen and oxygen atoms in total. The first kappa shape index (κ1) is 16.5. The third-order valence-electron chi connectivity index (χ3n) is 1.99. The van der Waals surface area contributed by atoms with Crippen molar-refractivity contribution in [1.82, 2.24) is 10.6 Å². The van der Waals surface area contributed by atoms with Gasteiger partial charge in [-0.05, 0) is 40.5 Å². The van der Waals surface area contributed by atoms with Gasteiger partial charge in [0.25, 0.3) is 0 Å². The molecule has 0 aromatic heterocycles. The van der Waals surface area contributed by atoms with Gasteiger partial charge >= 0.3 is 6.09 Å². The van der Waals surface area contributed by atoms with Crippen LogP contribution in [0.3, 0.4) is 0 Å². The van der Waals surface area contributed by atoms with Crippen LogP contribution in [-0.2, 0) is 9.53 Å². The van der Waals surface area contributed by atoms with Gasteiger partial charge in [-0.1, -0.05) is 6.58 Å². The van der Waals surface area contributed by atoms with Crippen LogP contribution in [0.2, 0.25) is 0 Å². The molecule has 0 spiro atoms. The number of ether oxygens (including phenoxy) is 1. The molecule has 0 rings (SSSR count). The largest absolute Gasteiger partial charge is 0.444 e. The molecule has 1 amide bonds. The Morgan fingerprint density at radius 3 is 2.50 bits per heavy atom. The Morgan fingerprint density at radius 2 is 2.06 bits per heavy atom. The highest BCUT2D eigenvalue weighted by molar-refractivity contribution is 5.73. The lowest BCUT2D eigenvalue weighted by Crippen LogP contribution is -2.40. The van der Waals surface area contributed by atoms with Gasteiger partial charge in [-0.2, -0.15) is 0 Å². The Labute approximate surface area is 109 Å². The second kappa shape index (κ2) is 7.74. The summed E-state index contributed by atoms with van der Waals surface area (Å²) < 4.78 is 5.08. The molecule has 0 aliphatic heterocycles. The molecular weight excluding hydrogens is 232 g/mol. The first-order valence-corrected chi connectivity index (χ1v) is 6.09. The SMILES string of the molecule is C=C(C)NCCCC(C=O)NC(=O)OC(C)(C)C. The lowest BCUT2D eigenvalue weighted by Gasteiger charge is -2.21. The van der Waals surface area contributed by atoms with Crippen LogP contribution in [0, 0.1) is 0 Å². The van der Waals surface area contributed by atoms with Crippen LogP contribution in [0.25, 0.3) is 0 Å². The second-order valence-electron chi connectivity index (χ2n) is 5.24. The van der Waals surface area contributed by atoms with Gasteiger partial charge in [-0.3, -0.25) is 0 Å². The van der Waals surface area contributed by atoms with Crippen LogP contribution >= 0.6 is 0 Å². The maximum atomic E-state index is 11.4. The zero-order chi connectivity index (χ0) is 14.2. The highest BCUT2D eigenvalue weighted by atomic mass is 16.6. The Kier molecular flexibility index (Phi) is 7.08. The maximum Gasteiger partial charge on any atom is 0.408 e. The second-order valence-corrected chi connectivity index (χ2v) is 5.24. The number of hydrogen-bond acceptors (Lipinski definition) is 4. The fourth-order valence-electron chi connectivity index (χ4n) is 1.26. The lowest BCUT2D eigenvalue weighted by molar-refractivity contribution is -0.109. The van der Waals surface area contributed by atoms with Gasteiger partial charge in [0.05, 0.1) is 6.04 Å². The predicted octanol–water partition coefficient (Wildman–Crippen LogP) is 1.98. The fraction of sp³-hybridized carbons (Fsp3) is 0.692. The van der Waals surface area contributed by atoms with Crippen molar-refractivity contribution in [2.75, 3.05) is 6.54 Å². The highest BCUT2D eigenvalue weighted by Gasteiger charge is 2.18. The summed E-state index contributed by atoms with van der Waals surface area (Å²) in [5, 5.41) is 5.59. The molecule has 0 aromatic carbocycles. The van der Waals surface area contributed by atoms with E-state index in [4.69, 9.17) is 4.74 Å². The quantitative estimate of drug-likeness (QED) is 0.540. The van der Waals surface area contributed by atoms with E-state index >= 15 is 0 Å². The summed E-state index contributed by atoms with van der Waals surface area (Å²) in [4.78, 5) is 22.3. The zero-order valence-corrected chi connectivity index (χ0v) is 11.7. The molecular formula is C13H24N2O3. The molecule has 0 saturated carbocycles. The molecule has 0 radical (unpaired) electrons. The van der Waals surface area contributed by atoms with E-state index in [1.54, 1.807) is 20.8 Å². The number of carbonyl (C=O) groups is 2. The van der Waals surface area contributed by atoms with E-state index in [2.05, 4.69) is 17.2 Å². The molecule has 0 fully saturated rings.